The summed E-state index contributed by atoms with van der Waals surface area (Å²) in [7, 11) is -2.30. The molecule has 0 amide bonds. The van der Waals surface area contributed by atoms with Gasteiger partial charge in [0.15, 0.2) is 11.5 Å². The van der Waals surface area contributed by atoms with Crippen LogP contribution in [0.15, 0.2) is 54.3 Å². The van der Waals surface area contributed by atoms with Gasteiger partial charge in [0.05, 0.1) is 0 Å². The highest BCUT2D eigenvalue weighted by Crippen LogP contribution is 2.36. The molecule has 0 spiro atoms. The zero-order valence-electron chi connectivity index (χ0n) is 9.65. The number of rotatable bonds is 4. The Hall–Kier alpha value is 0.0600. The molecule has 3 nitrogen and oxygen atoms in total. The topological polar surface area (TPSA) is 35.5 Å². The minimum Gasteiger partial charge on any atom is -0.222 e. The Morgan fingerprint density at radius 3 is 1.45 bits per heavy atom. The molecule has 0 unspecified atom stereocenters. The van der Waals surface area contributed by atoms with Gasteiger partial charge in [-0.1, -0.05) is 0 Å². The van der Waals surface area contributed by atoms with Crippen LogP contribution in [0, 0.1) is 0 Å². The zero-order chi connectivity index (χ0) is 14.7. The first-order valence-corrected chi connectivity index (χ1v) is 9.46. The fraction of sp³-hybridized carbons (Fsp3) is 0. The molecule has 2 rings (SSSR count). The van der Waals surface area contributed by atoms with Gasteiger partial charge in [-0.15, -0.1) is 0 Å². The summed E-state index contributed by atoms with van der Waals surface area (Å²) in [5, 5.41) is 0. The molecule has 0 aromatic heterocycles. The summed E-state index contributed by atoms with van der Waals surface area (Å²) in [6.07, 6.45) is 0. The van der Waals surface area contributed by atoms with E-state index >= 15 is 0 Å². The van der Waals surface area contributed by atoms with Gasteiger partial charge in [0.2, 0.25) is 0 Å². The van der Waals surface area contributed by atoms with E-state index in [0.29, 0.717) is 11.5 Å². The lowest BCUT2D eigenvalue weighted by Crippen LogP contribution is -1.89. The molecule has 0 bridgehead atoms. The van der Waals surface area contributed by atoms with Gasteiger partial charge < -0.3 is 0 Å². The minimum absolute atomic E-state index is 0.456. The molecule has 8 heteroatoms. The number of hydrogen-bond donors (Lipinski definition) is 0. The van der Waals surface area contributed by atoms with Crippen molar-refractivity contribution in [3.63, 3.8) is 0 Å². The normalized spacial score (nSPS) is 10.2. The first kappa shape index (κ1) is 16.4. The highest BCUT2D eigenvalue weighted by molar-refractivity contribution is 9.13. The van der Waals surface area contributed by atoms with Crippen LogP contribution in [-0.2, 0) is 4.57 Å². The lowest BCUT2D eigenvalue weighted by molar-refractivity contribution is 0.415. The quantitative estimate of drug-likeness (QED) is 0.392. The summed E-state index contributed by atoms with van der Waals surface area (Å²) in [6, 6.07) is 10.4. The van der Waals surface area contributed by atoms with E-state index in [1.807, 2.05) is 0 Å². The molecule has 2 aromatic rings. The second kappa shape index (κ2) is 7.36. The maximum absolute atomic E-state index is 11.8. The molecule has 0 aliphatic rings. The van der Waals surface area contributed by atoms with Crippen LogP contribution in [0.4, 0.5) is 0 Å². The van der Waals surface area contributed by atoms with Crippen molar-refractivity contribution in [1.29, 1.82) is 0 Å². The molecule has 20 heavy (non-hydrogen) atoms. The first-order chi connectivity index (χ1) is 9.45. The average Bonchev–Trinajstić information content (AvgIpc) is 2.38. The lowest BCUT2D eigenvalue weighted by atomic mass is 10.3. The Kier molecular flexibility index (Phi) is 6.05. The summed E-state index contributed by atoms with van der Waals surface area (Å²) in [5.41, 5.74) is 0. The van der Waals surface area contributed by atoms with Crippen LogP contribution in [-0.4, -0.2) is 0 Å². The Morgan fingerprint density at radius 2 is 1.10 bits per heavy atom. The second-order valence-corrected chi connectivity index (χ2v) is 7.79. The second-order valence-electron chi connectivity index (χ2n) is 3.56. The number of benzene rings is 2. The molecule has 0 saturated carbocycles. The molecule has 0 fully saturated rings. The van der Waals surface area contributed by atoms with Crippen molar-refractivity contribution in [2.75, 3.05) is 0 Å². The van der Waals surface area contributed by atoms with Crippen LogP contribution in [0.25, 0.3) is 0 Å². The van der Waals surface area contributed by atoms with Crippen LogP contribution in [0.2, 0.25) is 0 Å². The largest absolute Gasteiger partial charge is 0.805 e. The van der Waals surface area contributed by atoms with E-state index in [4.69, 9.17) is 9.05 Å². The SMILES string of the molecule is O=[P+](Oc1ccc(Br)c(Br)c1)Oc1ccc(Br)c(Br)c1. The molecule has 0 heterocycles. The van der Waals surface area contributed by atoms with Crippen LogP contribution in [0.5, 0.6) is 11.5 Å². The minimum atomic E-state index is -2.30. The van der Waals surface area contributed by atoms with Crippen molar-refractivity contribution >= 4 is 72.0 Å². The van der Waals surface area contributed by atoms with E-state index in [9.17, 15) is 4.57 Å². The summed E-state index contributed by atoms with van der Waals surface area (Å²) in [6.45, 7) is 0. The monoisotopic (exact) mass is 545 g/mol. The van der Waals surface area contributed by atoms with E-state index < -0.39 is 8.25 Å². The van der Waals surface area contributed by atoms with Gasteiger partial charge in [-0.3, -0.25) is 0 Å². The third-order valence-corrected chi connectivity index (χ3v) is 6.62. The van der Waals surface area contributed by atoms with Gasteiger partial charge in [0, 0.05) is 34.6 Å². The van der Waals surface area contributed by atoms with E-state index in [2.05, 4.69) is 63.7 Å². The third kappa shape index (κ3) is 4.53. The van der Waals surface area contributed by atoms with E-state index in [-0.39, 0.29) is 0 Å². The molecule has 0 aliphatic heterocycles. The lowest BCUT2D eigenvalue weighted by Gasteiger charge is -1.99. The van der Waals surface area contributed by atoms with E-state index in [1.54, 1.807) is 36.4 Å². The molecule has 104 valence electrons. The van der Waals surface area contributed by atoms with Gasteiger partial charge >= 0.3 is 8.25 Å². The van der Waals surface area contributed by atoms with Gasteiger partial charge in [-0.2, -0.15) is 0 Å². The van der Waals surface area contributed by atoms with Crippen LogP contribution >= 0.6 is 72.0 Å². The molecule has 0 atom stereocenters. The fourth-order valence-electron chi connectivity index (χ4n) is 1.26. The summed E-state index contributed by atoms with van der Waals surface area (Å²) in [5.74, 6) is 0.912. The fourth-order valence-corrected chi connectivity index (χ4v) is 3.08. The van der Waals surface area contributed by atoms with E-state index in [0.717, 1.165) is 17.9 Å². The molecule has 0 radical (unpaired) electrons. The highest BCUT2D eigenvalue weighted by atomic mass is 79.9. The van der Waals surface area contributed by atoms with Gasteiger partial charge in [-0.25, -0.2) is 9.05 Å². The highest BCUT2D eigenvalue weighted by Gasteiger charge is 2.24. The Morgan fingerprint density at radius 1 is 0.700 bits per heavy atom. The first-order valence-electron chi connectivity index (χ1n) is 5.19. The Bertz CT molecular complexity index is 608. The molecule has 0 N–H and O–H groups in total. The Labute approximate surface area is 150 Å². The van der Waals surface area contributed by atoms with Gasteiger partial charge in [0.25, 0.3) is 0 Å². The maximum atomic E-state index is 11.8. The standard InChI is InChI=1S/C12H6Br4O3P/c13-9-3-1-7(5-11(9)15)18-20(17)19-8-2-4-10(14)12(16)6-8/h1-6H/q+1. The molecule has 2 aromatic carbocycles. The molecular formula is C12H6Br4O3P+. The van der Waals surface area contributed by atoms with Crippen molar-refractivity contribution in [3.05, 3.63) is 54.3 Å². The van der Waals surface area contributed by atoms with E-state index in [1.165, 1.54) is 0 Å². The number of hydrogen-bond acceptors (Lipinski definition) is 3. The predicted molar refractivity (Wildman–Crippen MR) is 92.5 cm³/mol. The van der Waals surface area contributed by atoms with Crippen LogP contribution < -0.4 is 9.05 Å². The van der Waals surface area contributed by atoms with Crippen molar-refractivity contribution in [2.24, 2.45) is 0 Å². The van der Waals surface area contributed by atoms with Crippen molar-refractivity contribution in [2.45, 2.75) is 0 Å². The predicted octanol–water partition coefficient (Wildman–Crippen LogP) is 6.85. The summed E-state index contributed by atoms with van der Waals surface area (Å²) >= 11 is 13.4. The van der Waals surface area contributed by atoms with Crippen LogP contribution in [0.3, 0.4) is 0 Å². The number of halogens is 4. The molecular weight excluding hydrogens is 543 g/mol. The third-order valence-electron chi connectivity index (χ3n) is 2.14. The Balaban J connectivity index is 2.04. The average molecular weight is 549 g/mol. The van der Waals surface area contributed by atoms with Crippen molar-refractivity contribution in [1.82, 2.24) is 0 Å². The van der Waals surface area contributed by atoms with Crippen molar-refractivity contribution in [3.8, 4) is 11.5 Å². The van der Waals surface area contributed by atoms with Crippen LogP contribution in [0.1, 0.15) is 0 Å². The molecule has 0 aliphatic carbocycles. The summed E-state index contributed by atoms with van der Waals surface area (Å²) < 4.78 is 25.7. The smallest absolute Gasteiger partial charge is 0.222 e. The summed E-state index contributed by atoms with van der Waals surface area (Å²) in [4.78, 5) is 0. The molecule has 0 saturated heterocycles. The maximum Gasteiger partial charge on any atom is 0.805 e. The zero-order valence-corrected chi connectivity index (χ0v) is 16.9. The van der Waals surface area contributed by atoms with Crippen molar-refractivity contribution < 1.29 is 13.6 Å². The van der Waals surface area contributed by atoms with Gasteiger partial charge in [0.1, 0.15) is 0 Å². The van der Waals surface area contributed by atoms with Gasteiger partial charge in [-0.05, 0) is 88.0 Å².